The minimum absolute atomic E-state index is 0.0109. The molecule has 1 aliphatic heterocycles. The zero-order valence-corrected chi connectivity index (χ0v) is 25.8. The maximum atomic E-state index is 13.1. The molecule has 2 amide bonds. The summed E-state index contributed by atoms with van der Waals surface area (Å²) < 4.78 is 42.7. The van der Waals surface area contributed by atoms with E-state index >= 15 is 0 Å². The van der Waals surface area contributed by atoms with E-state index in [0.29, 0.717) is 17.4 Å². The fourth-order valence-electron chi connectivity index (χ4n) is 5.53. The van der Waals surface area contributed by atoms with Gasteiger partial charge in [-0.1, -0.05) is 68.1 Å². The van der Waals surface area contributed by atoms with E-state index in [1.54, 1.807) is 11.8 Å². The van der Waals surface area contributed by atoms with Gasteiger partial charge in [0.05, 0.1) is 5.69 Å². The highest BCUT2D eigenvalue weighted by Gasteiger charge is 2.40. The molecule has 2 heterocycles. The number of carbonyl (C=O) groups is 1. The van der Waals surface area contributed by atoms with E-state index in [9.17, 15) is 18.0 Å². The number of amides is 2. The highest BCUT2D eigenvalue weighted by atomic mass is 32.2. The fourth-order valence-corrected chi connectivity index (χ4v) is 6.74. The first-order valence-electron chi connectivity index (χ1n) is 14.8. The van der Waals surface area contributed by atoms with Gasteiger partial charge in [0.15, 0.2) is 11.0 Å². The van der Waals surface area contributed by atoms with Crippen molar-refractivity contribution in [3.05, 3.63) is 90.3 Å². The minimum atomic E-state index is -4.75. The molecule has 3 aromatic carbocycles. The van der Waals surface area contributed by atoms with E-state index < -0.39 is 6.36 Å². The van der Waals surface area contributed by atoms with Crippen LogP contribution in [0.5, 0.6) is 5.75 Å². The molecule has 3 atom stereocenters. The van der Waals surface area contributed by atoms with Crippen LogP contribution in [0.4, 0.5) is 23.7 Å². The highest BCUT2D eigenvalue weighted by molar-refractivity contribution is 8.14. The minimum Gasteiger partial charge on any atom is -0.406 e. The van der Waals surface area contributed by atoms with E-state index in [0.717, 1.165) is 40.6 Å². The number of nitrogens with zero attached hydrogens (tertiary/aromatic N) is 5. The first kappa shape index (κ1) is 30.7. The Balaban J connectivity index is 1.08. The van der Waals surface area contributed by atoms with Gasteiger partial charge in [0.2, 0.25) is 0 Å². The molecule has 1 aliphatic carbocycles. The predicted octanol–water partition coefficient (Wildman–Crippen LogP) is 7.91. The summed E-state index contributed by atoms with van der Waals surface area (Å²) in [6.07, 6.45) is -1.39. The fraction of sp³-hybridized carbons (Fsp3) is 0.333. The standard InChI is InChI=1S/C33H33F3N6O2S/c1-20(2)26-6-4-5-7-29(26)42-21(3)16-17-45-32(42)39-31(43)38-28-18-27(28)22-8-10-23(11-9-22)30-37-19-41(40-30)24-12-14-25(15-13-24)44-33(34,35)36/h4-15,19-21,27-28H,16-18H2,1-3H3,(H,38,43). The number of benzene rings is 3. The molecule has 234 valence electrons. The Kier molecular flexibility index (Phi) is 8.59. The van der Waals surface area contributed by atoms with Crippen LogP contribution < -0.4 is 15.0 Å². The third-order valence-electron chi connectivity index (χ3n) is 7.95. The second-order valence-corrected chi connectivity index (χ2v) is 12.6. The number of rotatable bonds is 7. The Bertz CT molecular complexity index is 1690. The third-order valence-corrected chi connectivity index (χ3v) is 8.94. The van der Waals surface area contributed by atoms with Crippen LogP contribution >= 0.6 is 11.8 Å². The maximum Gasteiger partial charge on any atom is 0.573 e. The SMILES string of the molecule is CC(C)c1ccccc1N1C(=NC(=O)NC2CC2c2ccc(-c3ncn(-c4ccc(OC(F)(F)F)cc4)n3)cc2)SCCC1C. The summed E-state index contributed by atoms with van der Waals surface area (Å²) in [4.78, 5) is 24.2. The molecule has 3 unspecified atom stereocenters. The number of para-hydroxylation sites is 1. The lowest BCUT2D eigenvalue weighted by atomic mass is 9.99. The summed E-state index contributed by atoms with van der Waals surface area (Å²) in [7, 11) is 0. The molecular weight excluding hydrogens is 601 g/mol. The molecule has 45 heavy (non-hydrogen) atoms. The van der Waals surface area contributed by atoms with Gasteiger partial charge in [0.1, 0.15) is 12.1 Å². The lowest BCUT2D eigenvalue weighted by Gasteiger charge is -2.37. The number of halogens is 3. The van der Waals surface area contributed by atoms with Crippen molar-refractivity contribution in [3.63, 3.8) is 0 Å². The molecule has 2 fully saturated rings. The normalized spacial score (nSPS) is 20.8. The molecule has 12 heteroatoms. The van der Waals surface area contributed by atoms with Crippen LogP contribution in [0.2, 0.25) is 0 Å². The number of ether oxygens (including phenoxy) is 1. The van der Waals surface area contributed by atoms with Gasteiger partial charge in [0.25, 0.3) is 0 Å². The van der Waals surface area contributed by atoms with Crippen LogP contribution in [0.15, 0.2) is 84.1 Å². The number of aromatic nitrogens is 3. The summed E-state index contributed by atoms with van der Waals surface area (Å²) in [6, 6.07) is 21.5. The number of aliphatic imine (C=N–C) groups is 1. The molecule has 0 spiro atoms. The summed E-state index contributed by atoms with van der Waals surface area (Å²) >= 11 is 1.62. The molecule has 1 saturated carbocycles. The van der Waals surface area contributed by atoms with Crippen LogP contribution in [-0.4, -0.2) is 50.2 Å². The molecule has 4 aromatic rings. The van der Waals surface area contributed by atoms with E-state index in [4.69, 9.17) is 0 Å². The number of carbonyl (C=O) groups excluding carboxylic acids is 1. The van der Waals surface area contributed by atoms with Gasteiger partial charge in [-0.05, 0) is 67.1 Å². The smallest absolute Gasteiger partial charge is 0.406 e. The lowest BCUT2D eigenvalue weighted by molar-refractivity contribution is -0.274. The molecule has 0 radical (unpaired) electrons. The van der Waals surface area contributed by atoms with Crippen LogP contribution in [0.3, 0.4) is 0 Å². The Morgan fingerprint density at radius 3 is 2.51 bits per heavy atom. The van der Waals surface area contributed by atoms with Gasteiger partial charge in [-0.3, -0.25) is 0 Å². The largest absolute Gasteiger partial charge is 0.573 e. The number of amidine groups is 1. The monoisotopic (exact) mass is 634 g/mol. The van der Waals surface area contributed by atoms with E-state index in [1.165, 1.54) is 40.8 Å². The van der Waals surface area contributed by atoms with Crippen molar-refractivity contribution < 1.29 is 22.7 Å². The van der Waals surface area contributed by atoms with Gasteiger partial charge in [-0.2, -0.15) is 4.99 Å². The third kappa shape index (κ3) is 7.16. The number of hydrogen-bond donors (Lipinski definition) is 1. The van der Waals surface area contributed by atoms with Crippen molar-refractivity contribution in [3.8, 4) is 22.8 Å². The predicted molar refractivity (Wildman–Crippen MR) is 170 cm³/mol. The van der Waals surface area contributed by atoms with Gasteiger partial charge >= 0.3 is 12.4 Å². The summed E-state index contributed by atoms with van der Waals surface area (Å²) in [5.41, 5.74) is 4.79. The molecule has 0 bridgehead atoms. The molecule has 1 aromatic heterocycles. The number of alkyl halides is 3. The van der Waals surface area contributed by atoms with Gasteiger partial charge < -0.3 is 15.0 Å². The van der Waals surface area contributed by atoms with Gasteiger partial charge in [-0.25, -0.2) is 14.5 Å². The van der Waals surface area contributed by atoms with E-state index in [2.05, 4.69) is 69.0 Å². The molecular formula is C33H33F3N6O2S. The zero-order chi connectivity index (χ0) is 31.7. The number of nitrogens with one attached hydrogen (secondary N) is 1. The first-order valence-corrected chi connectivity index (χ1v) is 15.8. The Hall–Kier alpha value is -4.32. The second kappa shape index (κ2) is 12.6. The van der Waals surface area contributed by atoms with Crippen molar-refractivity contribution in [1.82, 2.24) is 20.1 Å². The number of anilines is 1. The average Bonchev–Trinajstić information content (AvgIpc) is 3.58. The number of thioether (sulfide) groups is 1. The van der Waals surface area contributed by atoms with Crippen LogP contribution in [0.1, 0.15) is 56.6 Å². The molecule has 2 aliphatic rings. The first-order chi connectivity index (χ1) is 21.6. The van der Waals surface area contributed by atoms with Gasteiger partial charge in [0, 0.05) is 35.0 Å². The highest BCUT2D eigenvalue weighted by Crippen LogP contribution is 2.41. The van der Waals surface area contributed by atoms with Crippen LogP contribution in [0.25, 0.3) is 17.1 Å². The summed E-state index contributed by atoms with van der Waals surface area (Å²) in [5, 5.41) is 8.29. The summed E-state index contributed by atoms with van der Waals surface area (Å²) in [5.74, 6) is 1.64. The van der Waals surface area contributed by atoms with Crippen molar-refractivity contribution in [2.24, 2.45) is 4.99 Å². The van der Waals surface area contributed by atoms with E-state index in [-0.39, 0.29) is 29.8 Å². The molecule has 8 nitrogen and oxygen atoms in total. The van der Waals surface area contributed by atoms with E-state index in [1.807, 2.05) is 30.3 Å². The number of hydrogen-bond acceptors (Lipinski definition) is 5. The molecule has 1 saturated heterocycles. The van der Waals surface area contributed by atoms with Gasteiger partial charge in [-0.15, -0.1) is 18.3 Å². The van der Waals surface area contributed by atoms with Crippen LogP contribution in [-0.2, 0) is 0 Å². The zero-order valence-electron chi connectivity index (χ0n) is 25.0. The Morgan fingerprint density at radius 2 is 1.80 bits per heavy atom. The lowest BCUT2D eigenvalue weighted by Crippen LogP contribution is -2.42. The molecule has 6 rings (SSSR count). The quantitative estimate of drug-likeness (QED) is 0.223. The maximum absolute atomic E-state index is 13.1. The summed E-state index contributed by atoms with van der Waals surface area (Å²) in [6.45, 7) is 6.53. The topological polar surface area (TPSA) is 84.6 Å². The molecule has 1 N–H and O–H groups in total. The Labute approximate surface area is 263 Å². The average molecular weight is 635 g/mol. The Morgan fingerprint density at radius 1 is 1.07 bits per heavy atom. The van der Waals surface area contributed by atoms with Crippen molar-refractivity contribution in [2.45, 2.75) is 63.9 Å². The van der Waals surface area contributed by atoms with Crippen molar-refractivity contribution in [1.29, 1.82) is 0 Å². The van der Waals surface area contributed by atoms with Crippen molar-refractivity contribution in [2.75, 3.05) is 10.7 Å². The number of urea groups is 1. The van der Waals surface area contributed by atoms with Crippen molar-refractivity contribution >= 4 is 28.6 Å². The second-order valence-electron chi connectivity index (χ2n) is 11.5. The van der Waals surface area contributed by atoms with Crippen LogP contribution in [0, 0.1) is 0 Å².